The zero-order valence-electron chi connectivity index (χ0n) is 12.5. The summed E-state index contributed by atoms with van der Waals surface area (Å²) in [6.45, 7) is 8.14. The molecular weight excluding hydrogens is 258 g/mol. The predicted molar refractivity (Wildman–Crippen MR) is 84.2 cm³/mol. The molecule has 0 bridgehead atoms. The molecule has 0 aliphatic rings. The highest BCUT2D eigenvalue weighted by Gasteiger charge is 2.20. The van der Waals surface area contributed by atoms with E-state index in [2.05, 4.69) is 38.2 Å². The Balaban J connectivity index is 2.66. The van der Waals surface area contributed by atoms with Crippen molar-refractivity contribution < 1.29 is 4.79 Å². The minimum atomic E-state index is 0.114. The second-order valence-corrected chi connectivity index (χ2v) is 6.98. The number of hydrogen-bond donors (Lipinski definition) is 2. The van der Waals surface area contributed by atoms with Crippen LogP contribution in [-0.2, 0) is 0 Å². The largest absolute Gasteiger partial charge is 0.397 e. The molecule has 0 atom stereocenters. The monoisotopic (exact) mass is 283 g/mol. The average molecular weight is 283 g/mol. The Morgan fingerprint density at radius 1 is 1.47 bits per heavy atom. The topological polar surface area (TPSA) is 58.4 Å². The number of thiophene rings is 1. The summed E-state index contributed by atoms with van der Waals surface area (Å²) >= 11 is 1.45. The maximum absolute atomic E-state index is 11.7. The highest BCUT2D eigenvalue weighted by Crippen LogP contribution is 2.31. The van der Waals surface area contributed by atoms with E-state index < -0.39 is 0 Å². The number of rotatable bonds is 7. The van der Waals surface area contributed by atoms with E-state index in [1.807, 2.05) is 13.0 Å². The lowest BCUT2D eigenvalue weighted by atomic mass is 9.93. The van der Waals surface area contributed by atoms with Crippen molar-refractivity contribution in [1.82, 2.24) is 4.90 Å². The molecule has 108 valence electrons. The van der Waals surface area contributed by atoms with Gasteiger partial charge in [-0.05, 0) is 25.6 Å². The van der Waals surface area contributed by atoms with Crippen LogP contribution in [0.5, 0.6) is 0 Å². The lowest BCUT2D eigenvalue weighted by molar-refractivity contribution is 0.0993. The summed E-state index contributed by atoms with van der Waals surface area (Å²) in [5.41, 5.74) is 6.63. The Morgan fingerprint density at radius 3 is 2.63 bits per heavy atom. The molecule has 0 fully saturated rings. The van der Waals surface area contributed by atoms with Crippen LogP contribution >= 0.6 is 11.3 Å². The molecule has 0 amide bonds. The van der Waals surface area contributed by atoms with Gasteiger partial charge >= 0.3 is 0 Å². The van der Waals surface area contributed by atoms with Crippen molar-refractivity contribution in [2.45, 2.75) is 27.2 Å². The van der Waals surface area contributed by atoms with E-state index in [4.69, 9.17) is 5.73 Å². The third-order valence-corrected chi connectivity index (χ3v) is 3.97. The minimum absolute atomic E-state index is 0.114. The van der Waals surface area contributed by atoms with Gasteiger partial charge in [-0.2, -0.15) is 0 Å². The molecule has 0 aliphatic carbocycles. The van der Waals surface area contributed by atoms with Gasteiger partial charge in [-0.1, -0.05) is 20.8 Å². The van der Waals surface area contributed by atoms with Crippen LogP contribution < -0.4 is 11.1 Å². The normalized spacial score (nSPS) is 11.9. The quantitative estimate of drug-likeness (QED) is 0.755. The molecule has 3 N–H and O–H groups in total. The van der Waals surface area contributed by atoms with Crippen LogP contribution in [0.2, 0.25) is 0 Å². The second-order valence-electron chi connectivity index (χ2n) is 5.93. The number of nitrogens with one attached hydrogen (secondary N) is 1. The standard InChI is InChI=1S/C14H25N3OS/c1-6-11(18)13-10(15)7-12(19-13)16-8-14(2,3)9-17(4)5/h7,16H,6,8-9,15H2,1-5H3. The fourth-order valence-corrected chi connectivity index (χ4v) is 3.09. The van der Waals surface area contributed by atoms with Gasteiger partial charge in [-0.25, -0.2) is 0 Å². The zero-order valence-corrected chi connectivity index (χ0v) is 13.4. The van der Waals surface area contributed by atoms with Gasteiger partial charge in [-0.15, -0.1) is 11.3 Å². The Labute approximate surface area is 120 Å². The number of anilines is 2. The Kier molecular flexibility index (Phi) is 5.38. The maximum Gasteiger partial charge on any atom is 0.174 e. The number of nitrogens with zero attached hydrogens (tertiary/aromatic N) is 1. The fourth-order valence-electron chi connectivity index (χ4n) is 2.11. The molecule has 0 aliphatic heterocycles. The van der Waals surface area contributed by atoms with E-state index in [1.165, 1.54) is 11.3 Å². The molecule has 0 unspecified atom stereocenters. The van der Waals surface area contributed by atoms with E-state index in [9.17, 15) is 4.79 Å². The van der Waals surface area contributed by atoms with Gasteiger partial charge in [0.25, 0.3) is 0 Å². The van der Waals surface area contributed by atoms with Crippen molar-refractivity contribution in [2.24, 2.45) is 5.41 Å². The zero-order chi connectivity index (χ0) is 14.6. The van der Waals surface area contributed by atoms with Crippen molar-refractivity contribution in [1.29, 1.82) is 0 Å². The average Bonchev–Trinajstić information content (AvgIpc) is 2.65. The van der Waals surface area contributed by atoms with Gasteiger partial charge in [0.15, 0.2) is 5.78 Å². The first-order valence-corrected chi connectivity index (χ1v) is 7.38. The molecule has 0 radical (unpaired) electrons. The number of carbonyl (C=O) groups excluding carboxylic acids is 1. The molecule has 0 saturated carbocycles. The smallest absolute Gasteiger partial charge is 0.174 e. The SMILES string of the molecule is CCC(=O)c1sc(NCC(C)(C)CN(C)C)cc1N. The van der Waals surface area contributed by atoms with Crippen LogP contribution in [0.15, 0.2) is 6.07 Å². The number of hydrogen-bond acceptors (Lipinski definition) is 5. The van der Waals surface area contributed by atoms with Crippen molar-refractivity contribution in [3.8, 4) is 0 Å². The molecule has 4 nitrogen and oxygen atoms in total. The highest BCUT2D eigenvalue weighted by atomic mass is 32.1. The molecule has 0 aromatic carbocycles. The molecule has 0 saturated heterocycles. The van der Waals surface area contributed by atoms with Crippen molar-refractivity contribution >= 4 is 27.8 Å². The Morgan fingerprint density at radius 2 is 2.11 bits per heavy atom. The first kappa shape index (κ1) is 16.0. The number of nitrogen functional groups attached to an aromatic ring is 1. The van der Waals surface area contributed by atoms with Crippen LogP contribution in [0.25, 0.3) is 0 Å². The van der Waals surface area contributed by atoms with Gasteiger partial charge in [0.05, 0.1) is 15.6 Å². The number of Topliss-reactive ketones (excluding diaryl/α,β-unsaturated/α-hetero) is 1. The first-order valence-electron chi connectivity index (χ1n) is 6.56. The maximum atomic E-state index is 11.7. The van der Waals surface area contributed by atoms with Gasteiger partial charge in [0.2, 0.25) is 0 Å². The minimum Gasteiger partial charge on any atom is -0.397 e. The molecule has 1 aromatic heterocycles. The lowest BCUT2D eigenvalue weighted by Crippen LogP contribution is -2.34. The summed E-state index contributed by atoms with van der Waals surface area (Å²) in [6, 6.07) is 1.86. The summed E-state index contributed by atoms with van der Waals surface area (Å²) in [5.74, 6) is 0.114. The van der Waals surface area contributed by atoms with Crippen molar-refractivity contribution in [3.63, 3.8) is 0 Å². The van der Waals surface area contributed by atoms with Gasteiger partial charge in [0.1, 0.15) is 0 Å². The van der Waals surface area contributed by atoms with Gasteiger partial charge < -0.3 is 16.0 Å². The molecule has 1 rings (SSSR count). The van der Waals surface area contributed by atoms with Crippen LogP contribution in [0.3, 0.4) is 0 Å². The number of carbonyl (C=O) groups is 1. The summed E-state index contributed by atoms with van der Waals surface area (Å²) in [5, 5.41) is 4.36. The van der Waals surface area contributed by atoms with E-state index in [0.29, 0.717) is 17.0 Å². The Hall–Kier alpha value is -1.07. The molecule has 19 heavy (non-hydrogen) atoms. The Bertz CT molecular complexity index is 438. The second kappa shape index (κ2) is 6.39. The third kappa shape index (κ3) is 4.84. The van der Waals surface area contributed by atoms with Crippen molar-refractivity contribution in [2.75, 3.05) is 38.2 Å². The summed E-state index contributed by atoms with van der Waals surface area (Å²) < 4.78 is 0. The van der Waals surface area contributed by atoms with Gasteiger partial charge in [0, 0.05) is 19.5 Å². The van der Waals surface area contributed by atoms with Crippen LogP contribution in [0, 0.1) is 5.41 Å². The van der Waals surface area contributed by atoms with Crippen LogP contribution in [-0.4, -0.2) is 37.9 Å². The molecule has 0 spiro atoms. The first-order chi connectivity index (χ1) is 8.75. The van der Waals surface area contributed by atoms with E-state index in [-0.39, 0.29) is 11.2 Å². The number of ketones is 1. The fraction of sp³-hybridized carbons (Fsp3) is 0.643. The molecule has 1 aromatic rings. The van der Waals surface area contributed by atoms with Crippen LogP contribution in [0.1, 0.15) is 36.9 Å². The molecule has 1 heterocycles. The van der Waals surface area contributed by atoms with E-state index in [0.717, 1.165) is 18.1 Å². The summed E-state index contributed by atoms with van der Waals surface area (Å²) in [7, 11) is 4.14. The highest BCUT2D eigenvalue weighted by molar-refractivity contribution is 7.18. The molecule has 5 heteroatoms. The van der Waals surface area contributed by atoms with E-state index >= 15 is 0 Å². The predicted octanol–water partition coefficient (Wildman–Crippen LogP) is 2.92. The van der Waals surface area contributed by atoms with Gasteiger partial charge in [-0.3, -0.25) is 4.79 Å². The lowest BCUT2D eigenvalue weighted by Gasteiger charge is -2.28. The van der Waals surface area contributed by atoms with Crippen LogP contribution in [0.4, 0.5) is 10.7 Å². The van der Waals surface area contributed by atoms with Crippen molar-refractivity contribution in [3.05, 3.63) is 10.9 Å². The van der Waals surface area contributed by atoms with E-state index in [1.54, 1.807) is 0 Å². The number of nitrogens with two attached hydrogens (primary N) is 1. The summed E-state index contributed by atoms with van der Waals surface area (Å²) in [6.07, 6.45) is 0.496. The third-order valence-electron chi connectivity index (χ3n) is 2.82. The molecular formula is C14H25N3OS. The summed E-state index contributed by atoms with van der Waals surface area (Å²) in [4.78, 5) is 14.5.